The van der Waals surface area contributed by atoms with Crippen molar-refractivity contribution in [1.82, 2.24) is 10.6 Å². The molecule has 1 aliphatic rings. The highest BCUT2D eigenvalue weighted by Crippen LogP contribution is 2.39. The summed E-state index contributed by atoms with van der Waals surface area (Å²) in [6.45, 7) is 7.40. The van der Waals surface area contributed by atoms with E-state index < -0.39 is 0 Å². The van der Waals surface area contributed by atoms with Crippen LogP contribution in [0.1, 0.15) is 51.6 Å². The molecule has 1 aromatic rings. The minimum Gasteiger partial charge on any atom is -0.487 e. The molecule has 1 unspecified atom stereocenters. The van der Waals surface area contributed by atoms with Crippen LogP contribution < -0.4 is 15.4 Å². The number of unbranched alkanes of at least 4 members (excludes halogenated alkanes) is 1. The summed E-state index contributed by atoms with van der Waals surface area (Å²) >= 11 is 0. The van der Waals surface area contributed by atoms with Crippen LogP contribution in [0.4, 0.5) is 0 Å². The third kappa shape index (κ3) is 5.04. The maximum atomic E-state index is 6.06. The molecular formula is C17H28IN3O. The number of hydrogen-bond acceptors (Lipinski definition) is 2. The number of fused-ring (bicyclic) bond motifs is 1. The average molecular weight is 417 g/mol. The van der Waals surface area contributed by atoms with Crippen molar-refractivity contribution in [3.63, 3.8) is 0 Å². The molecule has 1 aliphatic heterocycles. The maximum absolute atomic E-state index is 6.06. The molecule has 0 bridgehead atoms. The average Bonchev–Trinajstić information content (AvgIpc) is 2.45. The molecule has 0 fully saturated rings. The van der Waals surface area contributed by atoms with Crippen molar-refractivity contribution in [1.29, 1.82) is 0 Å². The van der Waals surface area contributed by atoms with Gasteiger partial charge in [-0.3, -0.25) is 4.99 Å². The summed E-state index contributed by atoms with van der Waals surface area (Å²) < 4.78 is 6.06. The second-order valence-electron chi connectivity index (χ2n) is 6.15. The lowest BCUT2D eigenvalue weighted by molar-refractivity contribution is 0.0694. The molecule has 1 atom stereocenters. The number of rotatable bonds is 4. The first-order chi connectivity index (χ1) is 10.1. The van der Waals surface area contributed by atoms with E-state index in [1.54, 1.807) is 0 Å². The van der Waals surface area contributed by atoms with E-state index in [1.807, 2.05) is 19.2 Å². The van der Waals surface area contributed by atoms with Gasteiger partial charge in [-0.2, -0.15) is 0 Å². The molecule has 2 rings (SSSR count). The SMILES string of the molecule is CCCCNC(=NC)NC1CC(C)(C)Oc2ccccc21.I. The summed E-state index contributed by atoms with van der Waals surface area (Å²) in [5.74, 6) is 1.83. The lowest BCUT2D eigenvalue weighted by Gasteiger charge is -2.38. The van der Waals surface area contributed by atoms with Gasteiger partial charge in [-0.05, 0) is 26.3 Å². The molecule has 0 saturated heterocycles. The van der Waals surface area contributed by atoms with E-state index in [1.165, 1.54) is 12.0 Å². The van der Waals surface area contributed by atoms with Crippen molar-refractivity contribution in [2.45, 2.75) is 51.7 Å². The predicted octanol–water partition coefficient (Wildman–Crippen LogP) is 3.87. The van der Waals surface area contributed by atoms with E-state index in [2.05, 4.69) is 48.5 Å². The third-order valence-electron chi connectivity index (χ3n) is 3.73. The molecular weight excluding hydrogens is 389 g/mol. The van der Waals surface area contributed by atoms with Crippen LogP contribution in [0.25, 0.3) is 0 Å². The first-order valence-electron chi connectivity index (χ1n) is 7.81. The molecule has 22 heavy (non-hydrogen) atoms. The number of nitrogens with one attached hydrogen (secondary N) is 2. The van der Waals surface area contributed by atoms with Gasteiger partial charge in [0.25, 0.3) is 0 Å². The summed E-state index contributed by atoms with van der Waals surface area (Å²) in [7, 11) is 1.82. The van der Waals surface area contributed by atoms with Gasteiger partial charge in [0.15, 0.2) is 5.96 Å². The lowest BCUT2D eigenvalue weighted by Crippen LogP contribution is -2.45. The second kappa shape index (κ2) is 8.60. The quantitative estimate of drug-likeness (QED) is 0.338. The Labute approximate surface area is 151 Å². The molecule has 0 spiro atoms. The number of ether oxygens (including phenoxy) is 1. The van der Waals surface area contributed by atoms with Crippen molar-refractivity contribution >= 4 is 29.9 Å². The van der Waals surface area contributed by atoms with Gasteiger partial charge in [-0.25, -0.2) is 0 Å². The minimum atomic E-state index is -0.172. The molecule has 0 saturated carbocycles. The standard InChI is InChI=1S/C17H27N3O.HI/c1-5-6-11-19-16(18-4)20-14-12-17(2,3)21-15-10-8-7-9-13(14)15;/h7-10,14H,5-6,11-12H2,1-4H3,(H2,18,19,20);1H. The maximum Gasteiger partial charge on any atom is 0.191 e. The molecule has 5 heteroatoms. The minimum absolute atomic E-state index is 0. The van der Waals surface area contributed by atoms with Crippen molar-refractivity contribution in [3.05, 3.63) is 29.8 Å². The molecule has 1 aromatic carbocycles. The summed E-state index contributed by atoms with van der Waals surface area (Å²) in [4.78, 5) is 4.33. The Kier molecular flexibility index (Phi) is 7.45. The van der Waals surface area contributed by atoms with Crippen molar-refractivity contribution in [2.24, 2.45) is 4.99 Å². The summed E-state index contributed by atoms with van der Waals surface area (Å²) in [5.41, 5.74) is 1.03. The van der Waals surface area contributed by atoms with Gasteiger partial charge in [0, 0.05) is 25.6 Å². The number of halogens is 1. The fraction of sp³-hybridized carbons (Fsp3) is 0.588. The topological polar surface area (TPSA) is 45.7 Å². The summed E-state index contributed by atoms with van der Waals surface area (Å²) in [6, 6.07) is 8.46. The van der Waals surface area contributed by atoms with E-state index in [0.29, 0.717) is 0 Å². The van der Waals surface area contributed by atoms with Crippen LogP contribution in [-0.4, -0.2) is 25.2 Å². The third-order valence-corrected chi connectivity index (χ3v) is 3.73. The number of benzene rings is 1. The van der Waals surface area contributed by atoms with Crippen molar-refractivity contribution in [2.75, 3.05) is 13.6 Å². The normalized spacial score (nSPS) is 19.5. The molecule has 2 N–H and O–H groups in total. The van der Waals surface area contributed by atoms with Crippen LogP contribution in [0.5, 0.6) is 5.75 Å². The van der Waals surface area contributed by atoms with E-state index >= 15 is 0 Å². The molecule has 4 nitrogen and oxygen atoms in total. The second-order valence-corrected chi connectivity index (χ2v) is 6.15. The first-order valence-corrected chi connectivity index (χ1v) is 7.81. The van der Waals surface area contributed by atoms with Gasteiger partial charge in [0.2, 0.25) is 0 Å². The Morgan fingerprint density at radius 1 is 1.36 bits per heavy atom. The van der Waals surface area contributed by atoms with Gasteiger partial charge in [0.05, 0.1) is 6.04 Å². The Morgan fingerprint density at radius 3 is 2.77 bits per heavy atom. The Bertz CT molecular complexity index is 502. The van der Waals surface area contributed by atoms with E-state index in [9.17, 15) is 0 Å². The Hall–Kier alpha value is -0.980. The van der Waals surface area contributed by atoms with Crippen LogP contribution >= 0.6 is 24.0 Å². The van der Waals surface area contributed by atoms with Crippen LogP contribution in [-0.2, 0) is 0 Å². The zero-order valence-electron chi connectivity index (χ0n) is 14.0. The predicted molar refractivity (Wildman–Crippen MR) is 103 cm³/mol. The Morgan fingerprint density at radius 2 is 2.09 bits per heavy atom. The highest BCUT2D eigenvalue weighted by atomic mass is 127. The number of guanidine groups is 1. The monoisotopic (exact) mass is 417 g/mol. The van der Waals surface area contributed by atoms with Crippen molar-refractivity contribution < 1.29 is 4.74 Å². The van der Waals surface area contributed by atoms with Crippen LogP contribution in [0.15, 0.2) is 29.3 Å². The highest BCUT2D eigenvalue weighted by Gasteiger charge is 2.33. The molecule has 0 aliphatic carbocycles. The molecule has 0 aromatic heterocycles. The smallest absolute Gasteiger partial charge is 0.191 e. The number of para-hydroxylation sites is 1. The number of nitrogens with zero attached hydrogens (tertiary/aromatic N) is 1. The zero-order chi connectivity index (χ0) is 15.3. The van der Waals surface area contributed by atoms with Gasteiger partial charge in [-0.1, -0.05) is 31.5 Å². The molecule has 1 heterocycles. The summed E-state index contributed by atoms with van der Waals surface area (Å²) in [6.07, 6.45) is 3.24. The van der Waals surface area contributed by atoms with Gasteiger partial charge < -0.3 is 15.4 Å². The van der Waals surface area contributed by atoms with Crippen LogP contribution in [0, 0.1) is 0 Å². The van der Waals surface area contributed by atoms with E-state index in [4.69, 9.17) is 4.74 Å². The van der Waals surface area contributed by atoms with Crippen LogP contribution in [0.2, 0.25) is 0 Å². The van der Waals surface area contributed by atoms with Gasteiger partial charge in [0.1, 0.15) is 11.4 Å². The lowest BCUT2D eigenvalue weighted by atomic mass is 9.90. The van der Waals surface area contributed by atoms with Crippen molar-refractivity contribution in [3.8, 4) is 5.75 Å². The highest BCUT2D eigenvalue weighted by molar-refractivity contribution is 14.0. The van der Waals surface area contributed by atoms with Gasteiger partial charge >= 0.3 is 0 Å². The molecule has 0 amide bonds. The van der Waals surface area contributed by atoms with E-state index in [-0.39, 0.29) is 35.6 Å². The van der Waals surface area contributed by atoms with Crippen LogP contribution in [0.3, 0.4) is 0 Å². The summed E-state index contributed by atoms with van der Waals surface area (Å²) in [5, 5.41) is 6.91. The fourth-order valence-corrected chi connectivity index (χ4v) is 2.67. The largest absolute Gasteiger partial charge is 0.487 e. The van der Waals surface area contributed by atoms with E-state index in [0.717, 1.165) is 31.1 Å². The number of aliphatic imine (C=N–C) groups is 1. The Balaban J connectivity index is 0.00000242. The fourth-order valence-electron chi connectivity index (χ4n) is 2.67. The van der Waals surface area contributed by atoms with Gasteiger partial charge in [-0.15, -0.1) is 24.0 Å². The number of hydrogen-bond donors (Lipinski definition) is 2. The molecule has 0 radical (unpaired) electrons. The first kappa shape index (κ1) is 19.1. The zero-order valence-corrected chi connectivity index (χ0v) is 16.3. The molecule has 124 valence electrons.